The van der Waals surface area contributed by atoms with Crippen LogP contribution in [0.1, 0.15) is 33.4 Å². The number of para-hydroxylation sites is 6. The van der Waals surface area contributed by atoms with Gasteiger partial charge in [-0.3, -0.25) is 0 Å². The predicted octanol–water partition coefficient (Wildman–Crippen LogP) is 19.2. The van der Waals surface area contributed by atoms with Crippen molar-refractivity contribution in [3.05, 3.63) is 270 Å². The molecule has 0 amide bonds. The van der Waals surface area contributed by atoms with Gasteiger partial charge in [0.1, 0.15) is 0 Å². The molecule has 0 aliphatic heterocycles. The van der Waals surface area contributed by atoms with Crippen LogP contribution in [-0.4, -0.2) is 13.2 Å². The number of fused-ring (bicyclic) bond motifs is 29. The number of hydrogen-bond acceptors (Lipinski definition) is 0. The molecule has 21 rings (SSSR count). The van der Waals surface area contributed by atoms with Crippen LogP contribution in [0.4, 0.5) is 0 Å². The second kappa shape index (κ2) is 14.9. The molecule has 0 saturated carbocycles. The molecule has 12 aromatic carbocycles. The Kier molecular flexibility index (Phi) is 7.90. The van der Waals surface area contributed by atoms with E-state index in [0.717, 1.165) is 19.3 Å². The van der Waals surface area contributed by atoms with Crippen LogP contribution < -0.4 is 0 Å². The molecular formula is C75H45N3. The normalized spacial score (nSPS) is 13.2. The molecule has 3 aliphatic rings. The first-order valence-electron chi connectivity index (χ1n) is 27.6. The standard InChI is InChI=1S/3C25H15N/c1-2-7-17-15(6-1)12-16-13-22-20-10-5-9-19-18-8-3-4-11-23(18)26(25(19)20)24(22)14-21(16)17;1-2-7-17-15(6-1)14-16-12-13-21-20-10-5-9-19-18-8-3-4-11-22(18)26(24(19)20)25(21)23(16)17;1-2-7-16-15(6-1)14-22-17(16)12-13-21-20-10-5-9-19-18-8-3-4-11-23(18)26(24(19)20)25(21)22/h1-11,13-14H,12H2;2*1-13H,14H2. The van der Waals surface area contributed by atoms with E-state index in [1.165, 1.54) is 181 Å². The van der Waals surface area contributed by atoms with Crippen molar-refractivity contribution in [3.63, 3.8) is 0 Å². The Morgan fingerprint density at radius 3 is 1.24 bits per heavy atom. The van der Waals surface area contributed by atoms with E-state index in [2.05, 4.69) is 250 Å². The van der Waals surface area contributed by atoms with E-state index in [4.69, 9.17) is 0 Å². The van der Waals surface area contributed by atoms with Gasteiger partial charge in [-0.25, -0.2) is 0 Å². The molecule has 18 aromatic rings. The third-order valence-corrected chi connectivity index (χ3v) is 18.4. The molecule has 6 aromatic heterocycles. The van der Waals surface area contributed by atoms with Crippen LogP contribution in [0.15, 0.2) is 237 Å². The number of rotatable bonds is 0. The van der Waals surface area contributed by atoms with E-state index in [9.17, 15) is 0 Å². The minimum atomic E-state index is 1.02. The summed E-state index contributed by atoms with van der Waals surface area (Å²) in [5, 5.41) is 16.3. The fraction of sp³-hybridized carbons (Fsp3) is 0.0400. The lowest BCUT2D eigenvalue weighted by Gasteiger charge is -2.06. The number of nitrogens with zero attached hydrogens (tertiary/aromatic N) is 3. The molecule has 0 atom stereocenters. The molecule has 6 heterocycles. The Balaban J connectivity index is 0.0000000886. The van der Waals surface area contributed by atoms with Gasteiger partial charge < -0.3 is 13.2 Å². The summed E-state index contributed by atoms with van der Waals surface area (Å²) >= 11 is 0. The highest BCUT2D eigenvalue weighted by molar-refractivity contribution is 6.27. The predicted molar refractivity (Wildman–Crippen MR) is 328 cm³/mol. The quantitative estimate of drug-likeness (QED) is 0.144. The maximum absolute atomic E-state index is 2.51. The molecule has 0 radical (unpaired) electrons. The van der Waals surface area contributed by atoms with E-state index in [1.54, 1.807) is 0 Å². The van der Waals surface area contributed by atoms with Crippen molar-refractivity contribution in [1.29, 1.82) is 0 Å². The van der Waals surface area contributed by atoms with Crippen molar-refractivity contribution in [2.24, 2.45) is 0 Å². The van der Waals surface area contributed by atoms with Gasteiger partial charge >= 0.3 is 0 Å². The van der Waals surface area contributed by atoms with Crippen LogP contribution in [0.2, 0.25) is 0 Å². The van der Waals surface area contributed by atoms with Gasteiger partial charge in [-0.2, -0.15) is 0 Å². The summed E-state index contributed by atoms with van der Waals surface area (Å²) in [7, 11) is 0. The first-order valence-corrected chi connectivity index (χ1v) is 27.6. The van der Waals surface area contributed by atoms with Crippen LogP contribution in [-0.2, 0) is 19.3 Å². The van der Waals surface area contributed by atoms with Gasteiger partial charge in [0, 0.05) is 76.6 Å². The van der Waals surface area contributed by atoms with Crippen LogP contribution in [0.3, 0.4) is 0 Å². The molecule has 0 N–H and O–H groups in total. The highest BCUT2D eigenvalue weighted by Gasteiger charge is 2.28. The van der Waals surface area contributed by atoms with Gasteiger partial charge in [0.25, 0.3) is 0 Å². The van der Waals surface area contributed by atoms with Gasteiger partial charge in [0.15, 0.2) is 0 Å². The number of hydrogen-bond donors (Lipinski definition) is 0. The average molecular weight is 988 g/mol. The third kappa shape index (κ3) is 5.19. The van der Waals surface area contributed by atoms with Crippen LogP contribution in [0.5, 0.6) is 0 Å². The Labute approximate surface area is 447 Å². The Hall–Kier alpha value is -9.96. The second-order valence-corrected chi connectivity index (χ2v) is 22.2. The topological polar surface area (TPSA) is 13.2 Å². The second-order valence-electron chi connectivity index (χ2n) is 22.2. The molecule has 0 bridgehead atoms. The zero-order valence-corrected chi connectivity index (χ0v) is 42.5. The highest BCUT2D eigenvalue weighted by Crippen LogP contribution is 2.49. The molecule has 3 heteroatoms. The fourth-order valence-electron chi connectivity index (χ4n) is 15.3. The fourth-order valence-corrected chi connectivity index (χ4v) is 15.3. The Morgan fingerprint density at radius 1 is 0.205 bits per heavy atom. The van der Waals surface area contributed by atoms with Gasteiger partial charge in [-0.1, -0.05) is 206 Å². The zero-order valence-electron chi connectivity index (χ0n) is 42.5. The summed E-state index contributed by atoms with van der Waals surface area (Å²) in [6.07, 6.45) is 3.11. The van der Waals surface area contributed by atoms with E-state index in [1.807, 2.05) is 0 Å². The van der Waals surface area contributed by atoms with Crippen molar-refractivity contribution in [2.75, 3.05) is 0 Å². The smallest absolute Gasteiger partial charge is 0.0622 e. The van der Waals surface area contributed by atoms with Crippen molar-refractivity contribution in [3.8, 4) is 33.4 Å². The third-order valence-electron chi connectivity index (χ3n) is 18.4. The Bertz CT molecular complexity index is 5580. The lowest BCUT2D eigenvalue weighted by Crippen LogP contribution is -1.88. The van der Waals surface area contributed by atoms with E-state index < -0.39 is 0 Å². The summed E-state index contributed by atoms with van der Waals surface area (Å²) < 4.78 is 7.49. The summed E-state index contributed by atoms with van der Waals surface area (Å²) in [6, 6.07) is 87.3. The Morgan fingerprint density at radius 2 is 0.615 bits per heavy atom. The van der Waals surface area contributed by atoms with Gasteiger partial charge in [0.05, 0.1) is 49.7 Å². The van der Waals surface area contributed by atoms with Crippen LogP contribution in [0.25, 0.3) is 148 Å². The minimum absolute atomic E-state index is 1.02. The minimum Gasteiger partial charge on any atom is -0.308 e. The lowest BCUT2D eigenvalue weighted by molar-refractivity contribution is 1.25. The summed E-state index contributed by atoms with van der Waals surface area (Å²) in [6.45, 7) is 0. The van der Waals surface area contributed by atoms with Crippen molar-refractivity contribution >= 4 is 114 Å². The molecule has 0 saturated heterocycles. The van der Waals surface area contributed by atoms with Gasteiger partial charge in [0.2, 0.25) is 0 Å². The molecule has 78 heavy (non-hydrogen) atoms. The van der Waals surface area contributed by atoms with Gasteiger partial charge in [-0.05, 0) is 104 Å². The van der Waals surface area contributed by atoms with Gasteiger partial charge in [-0.15, -0.1) is 0 Å². The van der Waals surface area contributed by atoms with Crippen molar-refractivity contribution in [2.45, 2.75) is 19.3 Å². The zero-order chi connectivity index (χ0) is 50.5. The lowest BCUT2D eigenvalue weighted by atomic mass is 10.0. The molecule has 360 valence electrons. The number of benzene rings is 12. The summed E-state index contributed by atoms with van der Waals surface area (Å²) in [5.74, 6) is 0. The maximum atomic E-state index is 2.51. The van der Waals surface area contributed by atoms with E-state index in [-0.39, 0.29) is 0 Å². The average Bonchev–Trinajstić information content (AvgIpc) is 4.15. The monoisotopic (exact) mass is 987 g/mol. The SMILES string of the molecule is c1ccc2c(c1)Cc1c-2ccc2c3cccc4c5ccccc5n(c12)c43.c1ccc2c(c1)Cc1cc3c4cccc5c6ccccc6n(c3cc1-2)c54.c1ccc2c(c1)Cc1ccc3c4cccc5c6ccccc6n(c3c1-2)c54. The van der Waals surface area contributed by atoms with E-state index >= 15 is 0 Å². The number of aromatic nitrogens is 3. The molecule has 0 spiro atoms. The molecule has 3 aliphatic carbocycles. The first kappa shape index (κ1) is 41.3. The first-order chi connectivity index (χ1) is 38.7. The largest absolute Gasteiger partial charge is 0.308 e. The molecular weight excluding hydrogens is 943 g/mol. The maximum Gasteiger partial charge on any atom is 0.0622 e. The van der Waals surface area contributed by atoms with Crippen molar-refractivity contribution in [1.82, 2.24) is 13.2 Å². The molecule has 3 nitrogen and oxygen atoms in total. The van der Waals surface area contributed by atoms with Crippen LogP contribution in [0, 0.1) is 0 Å². The molecule has 0 fully saturated rings. The van der Waals surface area contributed by atoms with Crippen LogP contribution >= 0.6 is 0 Å². The summed E-state index contributed by atoms with van der Waals surface area (Å²) in [4.78, 5) is 0. The highest BCUT2D eigenvalue weighted by atomic mass is 14.9. The van der Waals surface area contributed by atoms with Crippen molar-refractivity contribution < 1.29 is 0 Å². The van der Waals surface area contributed by atoms with E-state index in [0.29, 0.717) is 0 Å². The molecule has 0 unspecified atom stereocenters. The summed E-state index contributed by atoms with van der Waals surface area (Å²) in [5.41, 5.74) is 29.3.